The summed E-state index contributed by atoms with van der Waals surface area (Å²) in [5.41, 5.74) is -2.18. The third-order valence-electron chi connectivity index (χ3n) is 15.3. The highest BCUT2D eigenvalue weighted by Crippen LogP contribution is 2.76. The minimum absolute atomic E-state index is 0.116. The first kappa shape index (κ1) is 40.4. The van der Waals surface area contributed by atoms with Crippen LogP contribution in [0.2, 0.25) is 0 Å². The average molecular weight is 725 g/mol. The molecule has 52 heavy (non-hydrogen) atoms. The first-order chi connectivity index (χ1) is 24.4. The van der Waals surface area contributed by atoms with Gasteiger partial charge in [-0.3, -0.25) is 0 Å². The molecule has 0 heterocycles. The van der Waals surface area contributed by atoms with Crippen molar-refractivity contribution in [3.63, 3.8) is 0 Å². The fourth-order valence-electron chi connectivity index (χ4n) is 12.7. The van der Waals surface area contributed by atoms with E-state index in [9.17, 15) is 29.7 Å². The number of esters is 3. The van der Waals surface area contributed by atoms with E-state index in [1.54, 1.807) is 39.0 Å². The summed E-state index contributed by atoms with van der Waals surface area (Å²) in [4.78, 5) is 38.1. The molecule has 0 aromatic heterocycles. The molecule has 0 radical (unpaired) electrons. The van der Waals surface area contributed by atoms with Gasteiger partial charge in [-0.15, -0.1) is 0 Å². The Bertz CT molecular complexity index is 1510. The number of ether oxygens (including phenoxy) is 3. The molecule has 9 nitrogen and oxygen atoms in total. The van der Waals surface area contributed by atoms with Gasteiger partial charge in [-0.2, -0.15) is 0 Å². The molecular formula is C43H64O9. The van der Waals surface area contributed by atoms with Crippen molar-refractivity contribution in [1.29, 1.82) is 0 Å². The molecule has 12 atom stereocenters. The predicted octanol–water partition coefficient (Wildman–Crippen LogP) is 6.80. The highest BCUT2D eigenvalue weighted by molar-refractivity contribution is 5.82. The lowest BCUT2D eigenvalue weighted by molar-refractivity contribution is -0.266. The van der Waals surface area contributed by atoms with Crippen molar-refractivity contribution in [1.82, 2.24) is 0 Å². The smallest absolute Gasteiger partial charge is 0.330 e. The summed E-state index contributed by atoms with van der Waals surface area (Å²) in [6, 6.07) is 0. The number of rotatable bonds is 9. The molecule has 0 aliphatic heterocycles. The molecule has 0 spiro atoms. The van der Waals surface area contributed by atoms with Gasteiger partial charge in [0.1, 0.15) is 18.8 Å². The van der Waals surface area contributed by atoms with Crippen LogP contribution < -0.4 is 0 Å². The standard InChI is InChI=1S/C43H64O9/c1-10-14-33(46)50-25-40(8)29-19-22-41(9)30(39(29,7)21-20-31(40)44)18-17-27-28-23-38(5,6)37(52-35(48)16-12-3)36(49)43(28,26-51-34(47)15-11-2)32(45)24-42(27,41)13-4/h10-12,14-17,28-32,36-37,44-45,49H,13,18-26H2,1-9H3/b14-10+,15-11+,16-12+/t28?,29?,30?,31-,32+,36-,37-,39-,40+,41+,42+,43-/m0/s1. The van der Waals surface area contributed by atoms with Crippen LogP contribution in [0, 0.1) is 50.2 Å². The van der Waals surface area contributed by atoms with Crippen molar-refractivity contribution in [2.75, 3.05) is 13.2 Å². The lowest BCUT2D eigenvalue weighted by atomic mass is 9.32. The van der Waals surface area contributed by atoms with Crippen LogP contribution in [0.1, 0.15) is 114 Å². The average Bonchev–Trinajstić information content (AvgIpc) is 3.07. The van der Waals surface area contributed by atoms with Gasteiger partial charge in [-0.25, -0.2) is 14.4 Å². The molecule has 5 rings (SSSR count). The summed E-state index contributed by atoms with van der Waals surface area (Å²) in [5, 5.41) is 36.7. The fraction of sp³-hybridized carbons (Fsp3) is 0.744. The fourth-order valence-corrected chi connectivity index (χ4v) is 12.7. The summed E-state index contributed by atoms with van der Waals surface area (Å²) >= 11 is 0. The number of hydrogen-bond acceptors (Lipinski definition) is 9. The Kier molecular flexibility index (Phi) is 11.3. The van der Waals surface area contributed by atoms with E-state index in [1.807, 2.05) is 13.8 Å². The number of fused-ring (bicyclic) bond motifs is 7. The van der Waals surface area contributed by atoms with Gasteiger partial charge in [0, 0.05) is 29.1 Å². The second kappa shape index (κ2) is 14.5. The number of aliphatic hydroxyl groups is 3. The normalized spacial score (nSPS) is 43.9. The summed E-state index contributed by atoms with van der Waals surface area (Å²) in [6.45, 7) is 18.3. The summed E-state index contributed by atoms with van der Waals surface area (Å²) in [5.74, 6) is -1.51. The van der Waals surface area contributed by atoms with Crippen LogP contribution in [-0.4, -0.2) is 70.9 Å². The van der Waals surface area contributed by atoms with Crippen LogP contribution in [0.3, 0.4) is 0 Å². The van der Waals surface area contributed by atoms with Gasteiger partial charge in [-0.05, 0) is 106 Å². The van der Waals surface area contributed by atoms with Gasteiger partial charge >= 0.3 is 17.9 Å². The quantitative estimate of drug-likeness (QED) is 0.101. The molecule has 0 aromatic carbocycles. The number of allylic oxidation sites excluding steroid dienone is 5. The number of carbonyl (C=O) groups is 3. The molecular weight excluding hydrogens is 660 g/mol. The minimum atomic E-state index is -1.30. The van der Waals surface area contributed by atoms with Crippen molar-refractivity contribution < 1.29 is 43.9 Å². The van der Waals surface area contributed by atoms with Gasteiger partial charge in [0.2, 0.25) is 0 Å². The molecule has 3 unspecified atom stereocenters. The van der Waals surface area contributed by atoms with Gasteiger partial charge in [-0.1, -0.05) is 71.4 Å². The summed E-state index contributed by atoms with van der Waals surface area (Å²) in [6.07, 6.45) is 13.1. The Hall–Kier alpha value is -2.75. The van der Waals surface area contributed by atoms with Crippen molar-refractivity contribution in [3.05, 3.63) is 48.1 Å². The van der Waals surface area contributed by atoms with Crippen molar-refractivity contribution >= 4 is 17.9 Å². The maximum Gasteiger partial charge on any atom is 0.330 e. The predicted molar refractivity (Wildman–Crippen MR) is 198 cm³/mol. The molecule has 290 valence electrons. The maximum absolute atomic E-state index is 12.9. The van der Waals surface area contributed by atoms with Crippen LogP contribution >= 0.6 is 0 Å². The van der Waals surface area contributed by atoms with Gasteiger partial charge in [0.25, 0.3) is 0 Å². The maximum atomic E-state index is 12.9. The highest BCUT2D eigenvalue weighted by Gasteiger charge is 2.74. The number of carbonyl (C=O) groups excluding carboxylic acids is 3. The molecule has 0 amide bonds. The van der Waals surface area contributed by atoms with E-state index in [1.165, 1.54) is 23.8 Å². The Morgan fingerprint density at radius 2 is 1.38 bits per heavy atom. The lowest BCUT2D eigenvalue weighted by Crippen LogP contribution is -2.72. The monoisotopic (exact) mass is 724 g/mol. The Morgan fingerprint density at radius 3 is 1.98 bits per heavy atom. The van der Waals surface area contributed by atoms with Crippen LogP contribution in [-0.2, 0) is 28.6 Å². The molecule has 0 saturated heterocycles. The topological polar surface area (TPSA) is 140 Å². The van der Waals surface area contributed by atoms with E-state index in [0.29, 0.717) is 19.3 Å². The van der Waals surface area contributed by atoms with Gasteiger partial charge in [0.15, 0.2) is 0 Å². The first-order valence-electron chi connectivity index (χ1n) is 19.6. The van der Waals surface area contributed by atoms with E-state index < -0.39 is 64.0 Å². The molecule has 0 aromatic rings. The first-order valence-corrected chi connectivity index (χ1v) is 19.6. The Morgan fingerprint density at radius 1 is 0.788 bits per heavy atom. The molecule has 0 bridgehead atoms. The molecule has 4 fully saturated rings. The highest BCUT2D eigenvalue weighted by atomic mass is 16.6. The Labute approximate surface area is 310 Å². The van der Waals surface area contributed by atoms with E-state index in [4.69, 9.17) is 14.2 Å². The van der Waals surface area contributed by atoms with E-state index >= 15 is 0 Å². The van der Waals surface area contributed by atoms with Gasteiger partial charge < -0.3 is 29.5 Å². The second-order valence-corrected chi connectivity index (χ2v) is 18.1. The second-order valence-electron chi connectivity index (χ2n) is 18.1. The van der Waals surface area contributed by atoms with Crippen LogP contribution in [0.5, 0.6) is 0 Å². The summed E-state index contributed by atoms with van der Waals surface area (Å²) < 4.78 is 17.6. The van der Waals surface area contributed by atoms with Crippen molar-refractivity contribution in [2.24, 2.45) is 50.2 Å². The number of hydrogen-bond donors (Lipinski definition) is 3. The zero-order chi connectivity index (χ0) is 38.5. The van der Waals surface area contributed by atoms with Crippen LogP contribution in [0.4, 0.5) is 0 Å². The van der Waals surface area contributed by atoms with E-state index in [2.05, 4.69) is 33.8 Å². The molecule has 5 aliphatic rings. The zero-order valence-electron chi connectivity index (χ0n) is 32.9. The zero-order valence-corrected chi connectivity index (χ0v) is 32.9. The summed E-state index contributed by atoms with van der Waals surface area (Å²) in [7, 11) is 0. The lowest BCUT2D eigenvalue weighted by Gasteiger charge is -2.73. The molecule has 3 N–H and O–H groups in total. The molecule has 5 aliphatic carbocycles. The van der Waals surface area contributed by atoms with Crippen LogP contribution in [0.25, 0.3) is 0 Å². The van der Waals surface area contributed by atoms with Gasteiger partial charge in [0.05, 0.1) is 24.2 Å². The Balaban J connectivity index is 1.61. The third kappa shape index (κ3) is 6.05. The van der Waals surface area contributed by atoms with E-state index in [-0.39, 0.29) is 41.8 Å². The SMILES string of the molecule is C/C=C/C(=O)OC[C@@]12C(CC(C)(C)[C@@H](OC(=O)/C=C/C)[C@@H]1O)C1=CCC3[C@@]4(C)CC[C@H](O)[C@](C)(COC(=O)/C=C/C)C4CC[C@@]3(C)[C@]1(CC)C[C@H]2O. The van der Waals surface area contributed by atoms with E-state index in [0.717, 1.165) is 32.1 Å². The van der Waals surface area contributed by atoms with Crippen molar-refractivity contribution in [3.8, 4) is 0 Å². The number of aliphatic hydroxyl groups excluding tert-OH is 3. The van der Waals surface area contributed by atoms with Crippen molar-refractivity contribution in [2.45, 2.75) is 138 Å². The largest absolute Gasteiger partial charge is 0.462 e. The molecule has 9 heteroatoms. The minimum Gasteiger partial charge on any atom is -0.462 e. The third-order valence-corrected chi connectivity index (χ3v) is 15.3. The van der Waals surface area contributed by atoms with Crippen LogP contribution in [0.15, 0.2) is 48.1 Å². The molecule has 4 saturated carbocycles.